The summed E-state index contributed by atoms with van der Waals surface area (Å²) in [6.45, 7) is 4.32. The minimum atomic E-state index is -0.516. The van der Waals surface area contributed by atoms with Crippen LogP contribution in [-0.4, -0.2) is 27.8 Å². The Morgan fingerprint density at radius 2 is 1.91 bits per heavy atom. The zero-order valence-corrected chi connectivity index (χ0v) is 8.12. The lowest BCUT2D eigenvalue weighted by atomic mass is 10.1. The summed E-state index contributed by atoms with van der Waals surface area (Å²) in [5, 5.41) is 3.47. The summed E-state index contributed by atoms with van der Waals surface area (Å²) < 4.78 is 11.0. The van der Waals surface area contributed by atoms with Crippen molar-refractivity contribution in [2.75, 3.05) is 11.5 Å². The Balaban J connectivity index is 2.22. The summed E-state index contributed by atoms with van der Waals surface area (Å²) in [4.78, 5) is 0. The van der Waals surface area contributed by atoms with Crippen LogP contribution in [0.2, 0.25) is 0 Å². The van der Waals surface area contributed by atoms with E-state index in [-0.39, 0.29) is 0 Å². The molecule has 0 aliphatic carbocycles. The largest absolute Gasteiger partial charge is 0.312 e. The van der Waals surface area contributed by atoms with Crippen LogP contribution in [0.15, 0.2) is 0 Å². The smallest absolute Gasteiger partial charge is 0.0249 e. The minimum Gasteiger partial charge on any atom is -0.312 e. The van der Waals surface area contributed by atoms with Crippen molar-refractivity contribution in [3.63, 3.8) is 0 Å². The molecular formula is C8H17NOS. The SMILES string of the molecule is CC(C)NC1CCS(=O)CC1. The fourth-order valence-electron chi connectivity index (χ4n) is 1.43. The number of nitrogens with one attached hydrogen (secondary N) is 1. The van der Waals surface area contributed by atoms with Crippen LogP contribution >= 0.6 is 0 Å². The first-order valence-corrected chi connectivity index (χ1v) is 5.78. The van der Waals surface area contributed by atoms with Crippen molar-refractivity contribution in [2.45, 2.75) is 38.8 Å². The van der Waals surface area contributed by atoms with Gasteiger partial charge in [-0.25, -0.2) is 0 Å². The first-order valence-electron chi connectivity index (χ1n) is 4.29. The molecular weight excluding hydrogens is 158 g/mol. The molecule has 0 saturated carbocycles. The lowest BCUT2D eigenvalue weighted by molar-refractivity contribution is 0.435. The van der Waals surface area contributed by atoms with Gasteiger partial charge in [0.05, 0.1) is 0 Å². The molecule has 1 saturated heterocycles. The highest BCUT2D eigenvalue weighted by Crippen LogP contribution is 2.09. The molecule has 0 radical (unpaired) electrons. The fourth-order valence-corrected chi connectivity index (χ4v) is 2.73. The molecule has 1 fully saturated rings. The van der Waals surface area contributed by atoms with E-state index in [1.807, 2.05) is 0 Å². The molecule has 1 aliphatic heterocycles. The first kappa shape index (κ1) is 9.20. The molecule has 11 heavy (non-hydrogen) atoms. The average Bonchev–Trinajstić information content (AvgIpc) is 1.93. The van der Waals surface area contributed by atoms with Crippen molar-refractivity contribution in [3.8, 4) is 0 Å². The Kier molecular flexibility index (Phi) is 3.52. The Labute approximate surface area is 71.2 Å². The van der Waals surface area contributed by atoms with Crippen LogP contribution in [0.1, 0.15) is 26.7 Å². The molecule has 2 nitrogen and oxygen atoms in total. The van der Waals surface area contributed by atoms with Crippen molar-refractivity contribution in [3.05, 3.63) is 0 Å². The maximum Gasteiger partial charge on any atom is 0.0249 e. The van der Waals surface area contributed by atoms with Crippen molar-refractivity contribution >= 4 is 10.8 Å². The maximum atomic E-state index is 11.0. The Bertz CT molecular complexity index is 137. The monoisotopic (exact) mass is 175 g/mol. The van der Waals surface area contributed by atoms with E-state index in [0.717, 1.165) is 24.3 Å². The molecule has 0 aromatic rings. The highest BCUT2D eigenvalue weighted by Gasteiger charge is 2.17. The Morgan fingerprint density at radius 3 is 2.36 bits per heavy atom. The van der Waals surface area contributed by atoms with Gasteiger partial charge in [-0.3, -0.25) is 4.21 Å². The Morgan fingerprint density at radius 1 is 1.36 bits per heavy atom. The number of rotatable bonds is 2. The first-order chi connectivity index (χ1) is 5.18. The highest BCUT2D eigenvalue weighted by molar-refractivity contribution is 7.85. The van der Waals surface area contributed by atoms with Crippen LogP contribution in [0.4, 0.5) is 0 Å². The minimum absolute atomic E-state index is 0.516. The molecule has 1 aliphatic rings. The third-order valence-electron chi connectivity index (χ3n) is 1.96. The second-order valence-electron chi connectivity index (χ2n) is 3.44. The zero-order chi connectivity index (χ0) is 8.27. The fraction of sp³-hybridized carbons (Fsp3) is 1.00. The lowest BCUT2D eigenvalue weighted by Gasteiger charge is -2.24. The van der Waals surface area contributed by atoms with Gasteiger partial charge in [0, 0.05) is 34.4 Å². The third-order valence-corrected chi connectivity index (χ3v) is 3.34. The molecule has 1 rings (SSSR count). The van der Waals surface area contributed by atoms with Crippen LogP contribution in [-0.2, 0) is 10.8 Å². The van der Waals surface area contributed by atoms with Gasteiger partial charge >= 0.3 is 0 Å². The summed E-state index contributed by atoms with van der Waals surface area (Å²) in [6.07, 6.45) is 2.18. The molecule has 1 heterocycles. The average molecular weight is 175 g/mol. The van der Waals surface area contributed by atoms with Gasteiger partial charge in [-0.1, -0.05) is 13.8 Å². The standard InChI is InChI=1S/C8H17NOS/c1-7(2)9-8-3-5-11(10)6-4-8/h7-9H,3-6H2,1-2H3. The van der Waals surface area contributed by atoms with Gasteiger partial charge in [0.25, 0.3) is 0 Å². The second-order valence-corrected chi connectivity index (χ2v) is 5.14. The van der Waals surface area contributed by atoms with Crippen LogP contribution < -0.4 is 5.32 Å². The number of hydrogen-bond donors (Lipinski definition) is 1. The molecule has 0 atom stereocenters. The maximum absolute atomic E-state index is 11.0. The summed E-state index contributed by atoms with van der Waals surface area (Å²) in [6, 6.07) is 1.18. The molecule has 0 spiro atoms. The van der Waals surface area contributed by atoms with Crippen molar-refractivity contribution < 1.29 is 4.21 Å². The molecule has 66 valence electrons. The van der Waals surface area contributed by atoms with E-state index in [9.17, 15) is 4.21 Å². The predicted molar refractivity (Wildman–Crippen MR) is 49.2 cm³/mol. The van der Waals surface area contributed by atoms with E-state index in [1.54, 1.807) is 0 Å². The topological polar surface area (TPSA) is 29.1 Å². The van der Waals surface area contributed by atoms with Crippen molar-refractivity contribution in [1.29, 1.82) is 0 Å². The molecule has 0 bridgehead atoms. The van der Waals surface area contributed by atoms with Crippen molar-refractivity contribution in [2.24, 2.45) is 0 Å². The molecule has 0 amide bonds. The van der Waals surface area contributed by atoms with Gasteiger partial charge in [0.2, 0.25) is 0 Å². The van der Waals surface area contributed by atoms with E-state index in [4.69, 9.17) is 0 Å². The van der Waals surface area contributed by atoms with E-state index in [1.165, 1.54) is 0 Å². The van der Waals surface area contributed by atoms with Crippen LogP contribution in [0.25, 0.3) is 0 Å². The summed E-state index contributed by atoms with van der Waals surface area (Å²) in [7, 11) is -0.516. The zero-order valence-electron chi connectivity index (χ0n) is 7.30. The predicted octanol–water partition coefficient (Wildman–Crippen LogP) is 0.895. The molecule has 3 heteroatoms. The summed E-state index contributed by atoms with van der Waals surface area (Å²) in [5.41, 5.74) is 0. The van der Waals surface area contributed by atoms with Gasteiger partial charge in [-0.05, 0) is 12.8 Å². The summed E-state index contributed by atoms with van der Waals surface area (Å²) in [5.74, 6) is 1.79. The molecule has 0 unspecified atom stereocenters. The van der Waals surface area contributed by atoms with Gasteiger partial charge in [-0.2, -0.15) is 0 Å². The van der Waals surface area contributed by atoms with Crippen LogP contribution in [0.3, 0.4) is 0 Å². The van der Waals surface area contributed by atoms with Gasteiger partial charge < -0.3 is 5.32 Å². The van der Waals surface area contributed by atoms with E-state index in [2.05, 4.69) is 19.2 Å². The van der Waals surface area contributed by atoms with Gasteiger partial charge in [0.1, 0.15) is 0 Å². The lowest BCUT2D eigenvalue weighted by Crippen LogP contribution is -2.39. The quantitative estimate of drug-likeness (QED) is 0.675. The summed E-state index contributed by atoms with van der Waals surface area (Å²) >= 11 is 0. The van der Waals surface area contributed by atoms with Crippen LogP contribution in [0, 0.1) is 0 Å². The van der Waals surface area contributed by atoms with E-state index >= 15 is 0 Å². The Hall–Kier alpha value is 0.110. The van der Waals surface area contributed by atoms with E-state index < -0.39 is 10.8 Å². The molecule has 1 N–H and O–H groups in total. The van der Waals surface area contributed by atoms with Crippen molar-refractivity contribution in [1.82, 2.24) is 5.32 Å². The normalized spacial score (nSPS) is 32.6. The molecule has 0 aromatic carbocycles. The number of hydrogen-bond acceptors (Lipinski definition) is 2. The second kappa shape index (κ2) is 4.21. The van der Waals surface area contributed by atoms with Gasteiger partial charge in [0.15, 0.2) is 0 Å². The third kappa shape index (κ3) is 3.34. The van der Waals surface area contributed by atoms with Crippen LogP contribution in [0.5, 0.6) is 0 Å². The highest BCUT2D eigenvalue weighted by atomic mass is 32.2. The van der Waals surface area contributed by atoms with E-state index in [0.29, 0.717) is 12.1 Å². The molecule has 0 aromatic heterocycles. The van der Waals surface area contributed by atoms with Gasteiger partial charge in [-0.15, -0.1) is 0 Å².